The second-order valence-corrected chi connectivity index (χ2v) is 12.6. The van der Waals surface area contributed by atoms with Gasteiger partial charge in [0.15, 0.2) is 0 Å². The van der Waals surface area contributed by atoms with Crippen LogP contribution in [0.25, 0.3) is 23.0 Å². The number of β-amino-alcohol motifs (C(OH)–C–C–N with tert-alkyl or cyclic N) is 1. The number of aliphatic hydroxyl groups excluding tert-OH is 2. The molecule has 1 unspecified atom stereocenters. The Morgan fingerprint density at radius 3 is 2.61 bits per heavy atom. The smallest absolute Gasteiger partial charge is 0.323 e. The predicted octanol–water partition coefficient (Wildman–Crippen LogP) is 5.65. The monoisotopic (exact) mass is 694 g/mol. The molecule has 0 spiro atoms. The van der Waals surface area contributed by atoms with E-state index in [0.29, 0.717) is 41.2 Å². The van der Waals surface area contributed by atoms with E-state index < -0.39 is 24.4 Å². The van der Waals surface area contributed by atoms with Crippen LogP contribution in [-0.4, -0.2) is 76.2 Å². The third kappa shape index (κ3) is 9.78. The van der Waals surface area contributed by atoms with Crippen molar-refractivity contribution in [3.8, 4) is 28.7 Å². The number of nitrogens with one attached hydrogen (secondary N) is 1. The molecule has 1 saturated heterocycles. The molecule has 2 atom stereocenters. The van der Waals surface area contributed by atoms with E-state index in [2.05, 4.69) is 15.2 Å². The number of hydrogen-bond donors (Lipinski definition) is 4. The summed E-state index contributed by atoms with van der Waals surface area (Å²) in [7, 11) is 0. The molecule has 0 amide bonds. The van der Waals surface area contributed by atoms with Gasteiger partial charge in [-0.2, -0.15) is 5.26 Å². The van der Waals surface area contributed by atoms with Gasteiger partial charge in [0.2, 0.25) is 0 Å². The zero-order chi connectivity index (χ0) is 36.3. The molecule has 4 aromatic rings. The maximum atomic E-state index is 16.0. The molecule has 11 heteroatoms. The van der Waals surface area contributed by atoms with Gasteiger partial charge in [0.25, 0.3) is 0 Å². The number of likely N-dealkylation sites (tertiary alicyclic amines) is 1. The Balaban J connectivity index is 1.36. The number of aliphatic hydroxyl groups is 2. The third-order valence-corrected chi connectivity index (χ3v) is 9.04. The van der Waals surface area contributed by atoms with Gasteiger partial charge in [-0.25, -0.2) is 4.39 Å². The number of nitrogens with zero attached hydrogens (tertiary/aromatic N) is 3. The minimum absolute atomic E-state index is 0.0402. The second kappa shape index (κ2) is 17.7. The molecule has 2 heterocycles. The van der Waals surface area contributed by atoms with Crippen LogP contribution in [0.5, 0.6) is 11.5 Å². The van der Waals surface area contributed by atoms with Crippen molar-refractivity contribution in [1.29, 1.82) is 5.26 Å². The number of nitriles is 1. The molecule has 0 saturated carbocycles. The number of carbonyl (C=O) groups is 1. The molecule has 4 N–H and O–H groups in total. The number of hydrogen-bond acceptors (Lipinski definition) is 9. The molecule has 1 aliphatic heterocycles. The largest absolute Gasteiger partial charge is 0.493 e. The van der Waals surface area contributed by atoms with Crippen molar-refractivity contribution in [3.05, 3.63) is 112 Å². The van der Waals surface area contributed by atoms with E-state index in [1.165, 1.54) is 12.3 Å². The summed E-state index contributed by atoms with van der Waals surface area (Å²) in [5.41, 5.74) is 6.36. The fourth-order valence-electron chi connectivity index (χ4n) is 6.11. The molecule has 1 aliphatic rings. The Bertz CT molecular complexity index is 1910. The first kappa shape index (κ1) is 37.1. The van der Waals surface area contributed by atoms with Crippen LogP contribution in [0.2, 0.25) is 0 Å². The number of aromatic nitrogens is 1. The Morgan fingerprint density at radius 2 is 1.88 bits per heavy atom. The fourth-order valence-corrected chi connectivity index (χ4v) is 6.11. The average Bonchev–Trinajstić information content (AvgIpc) is 3.55. The van der Waals surface area contributed by atoms with Gasteiger partial charge in [0, 0.05) is 55.3 Å². The van der Waals surface area contributed by atoms with Gasteiger partial charge >= 0.3 is 5.97 Å². The third-order valence-electron chi connectivity index (χ3n) is 9.04. The van der Waals surface area contributed by atoms with Gasteiger partial charge in [-0.1, -0.05) is 42.5 Å². The molecule has 51 heavy (non-hydrogen) atoms. The number of ether oxygens (including phenoxy) is 2. The van der Waals surface area contributed by atoms with Crippen molar-refractivity contribution in [1.82, 2.24) is 15.2 Å². The normalized spacial score (nSPS) is 15.4. The highest BCUT2D eigenvalue weighted by Crippen LogP contribution is 2.35. The number of halogens is 1. The van der Waals surface area contributed by atoms with Crippen LogP contribution in [0.3, 0.4) is 0 Å². The lowest BCUT2D eigenvalue weighted by Crippen LogP contribution is -2.39. The first-order valence-corrected chi connectivity index (χ1v) is 16.9. The van der Waals surface area contributed by atoms with E-state index in [9.17, 15) is 25.4 Å². The lowest BCUT2D eigenvalue weighted by Gasteiger charge is -2.17. The van der Waals surface area contributed by atoms with Gasteiger partial charge in [-0.15, -0.1) is 0 Å². The van der Waals surface area contributed by atoms with Crippen LogP contribution in [-0.2, 0) is 17.9 Å². The highest BCUT2D eigenvalue weighted by Gasteiger charge is 2.20. The fraction of sp³-hybridized carbons (Fsp3) is 0.325. The maximum absolute atomic E-state index is 16.0. The summed E-state index contributed by atoms with van der Waals surface area (Å²) >= 11 is 0. The summed E-state index contributed by atoms with van der Waals surface area (Å²) in [5, 5.41) is 40.6. The van der Waals surface area contributed by atoms with Crippen LogP contribution in [0.1, 0.15) is 51.8 Å². The molecule has 0 aliphatic carbocycles. The minimum Gasteiger partial charge on any atom is -0.493 e. The van der Waals surface area contributed by atoms with Crippen LogP contribution in [0.4, 0.5) is 4.39 Å². The lowest BCUT2D eigenvalue weighted by atomic mass is 9.92. The standard InChI is InChI=1S/C40H43FN4O6/c1-26-30(6-3-7-34(26)35-8-4-9-38(27(35)2)50-15-5-13-45-14-12-33(47)23-45)17-36(41)31-10-11-32(22-44-37(24-46)40(48)49)39(18-31)51-25-29-16-28(19-42)20-43-21-29/h3-4,6-11,16-18,20-21,33,37,44,46-47H,5,12-15,22-25H2,1-2H3,(H,48,49)/b36-17-/t33-,37?/m1/s1. The SMILES string of the molecule is Cc1c(/C=C(\F)c2ccc(CNC(CO)C(=O)O)c(OCc3cncc(C#N)c3)c2)cccc1-c1cccc(OCCCN2CC[C@@H](O)C2)c1C. The Hall–Kier alpha value is -5.12. The first-order valence-electron chi connectivity index (χ1n) is 16.9. The highest BCUT2D eigenvalue weighted by molar-refractivity contribution is 5.83. The molecule has 1 aromatic heterocycles. The van der Waals surface area contributed by atoms with E-state index in [4.69, 9.17) is 9.47 Å². The zero-order valence-electron chi connectivity index (χ0n) is 28.8. The summed E-state index contributed by atoms with van der Waals surface area (Å²) in [4.78, 5) is 17.8. The van der Waals surface area contributed by atoms with Crippen LogP contribution in [0.15, 0.2) is 73.1 Å². The number of carboxylic acid groups (broad SMARTS) is 1. The maximum Gasteiger partial charge on any atom is 0.323 e. The predicted molar refractivity (Wildman–Crippen MR) is 193 cm³/mol. The molecular formula is C40H43FN4O6. The molecule has 266 valence electrons. The van der Waals surface area contributed by atoms with E-state index >= 15 is 4.39 Å². The van der Waals surface area contributed by atoms with Gasteiger partial charge < -0.3 is 29.7 Å². The first-order chi connectivity index (χ1) is 24.7. The van der Waals surface area contributed by atoms with Crippen molar-refractivity contribution in [2.75, 3.05) is 32.8 Å². The highest BCUT2D eigenvalue weighted by atomic mass is 19.1. The van der Waals surface area contributed by atoms with Crippen LogP contribution < -0.4 is 14.8 Å². The molecule has 3 aromatic carbocycles. The van der Waals surface area contributed by atoms with E-state index in [1.807, 2.05) is 56.3 Å². The second-order valence-electron chi connectivity index (χ2n) is 12.6. The van der Waals surface area contributed by atoms with Crippen LogP contribution in [0, 0.1) is 25.2 Å². The number of rotatable bonds is 16. The summed E-state index contributed by atoms with van der Waals surface area (Å²) in [6.07, 6.45) is 5.93. The molecular weight excluding hydrogens is 651 g/mol. The van der Waals surface area contributed by atoms with Gasteiger partial charge in [0.05, 0.1) is 24.9 Å². The van der Waals surface area contributed by atoms with Gasteiger partial charge in [-0.3, -0.25) is 15.1 Å². The van der Waals surface area contributed by atoms with Crippen molar-refractivity contribution >= 4 is 17.9 Å². The van der Waals surface area contributed by atoms with Gasteiger partial charge in [-0.05, 0) is 78.8 Å². The molecule has 5 rings (SSSR count). The van der Waals surface area contributed by atoms with E-state index in [1.54, 1.807) is 30.5 Å². The number of carboxylic acids is 1. The minimum atomic E-state index is -1.20. The topological polar surface area (TPSA) is 148 Å². The van der Waals surface area contributed by atoms with E-state index in [-0.39, 0.29) is 24.8 Å². The van der Waals surface area contributed by atoms with Gasteiger partial charge in [0.1, 0.15) is 36.0 Å². The zero-order valence-corrected chi connectivity index (χ0v) is 28.8. The number of benzene rings is 3. The quantitative estimate of drug-likeness (QED) is 0.0856. The number of aliphatic carboxylic acids is 1. The van der Waals surface area contributed by atoms with Crippen molar-refractivity contribution < 1.29 is 34.0 Å². The summed E-state index contributed by atoms with van der Waals surface area (Å²) in [6, 6.07) is 19.0. The molecule has 0 radical (unpaired) electrons. The average molecular weight is 695 g/mol. The summed E-state index contributed by atoms with van der Waals surface area (Å²) in [6.45, 7) is 6.53. The Morgan fingerprint density at radius 1 is 1.10 bits per heavy atom. The van der Waals surface area contributed by atoms with E-state index in [0.717, 1.165) is 53.9 Å². The molecule has 1 fully saturated rings. The summed E-state index contributed by atoms with van der Waals surface area (Å²) in [5.74, 6) is -0.590. The molecule has 0 bridgehead atoms. The Kier molecular flexibility index (Phi) is 12.9. The van der Waals surface area contributed by atoms with Crippen molar-refractivity contribution in [3.63, 3.8) is 0 Å². The molecule has 10 nitrogen and oxygen atoms in total. The summed E-state index contributed by atoms with van der Waals surface area (Å²) < 4.78 is 28.3. The van der Waals surface area contributed by atoms with Crippen molar-refractivity contribution in [2.24, 2.45) is 0 Å². The van der Waals surface area contributed by atoms with Crippen molar-refractivity contribution in [2.45, 2.75) is 52.0 Å². The van der Waals surface area contributed by atoms with Crippen LogP contribution >= 0.6 is 0 Å². The Labute approximate surface area is 297 Å². The number of pyridine rings is 1. The lowest BCUT2D eigenvalue weighted by molar-refractivity contribution is -0.140.